The van der Waals surface area contributed by atoms with E-state index in [0.717, 1.165) is 6.42 Å². The molecule has 0 saturated carbocycles. The SMILES string of the molecule is CCCCS(=O)(=O)N1Cc2ncn(C)c2C(C(=O)O)C1. The van der Waals surface area contributed by atoms with Gasteiger partial charge in [0.05, 0.1) is 30.0 Å². The minimum absolute atomic E-state index is 0.0199. The molecular formula is C12H19N3O4S. The molecule has 20 heavy (non-hydrogen) atoms. The van der Waals surface area contributed by atoms with E-state index in [-0.39, 0.29) is 18.8 Å². The smallest absolute Gasteiger partial charge is 0.313 e. The lowest BCUT2D eigenvalue weighted by Gasteiger charge is -2.30. The van der Waals surface area contributed by atoms with Crippen LogP contribution in [0.4, 0.5) is 0 Å². The number of aliphatic carboxylic acids is 1. The van der Waals surface area contributed by atoms with Crippen molar-refractivity contribution in [3.05, 3.63) is 17.7 Å². The summed E-state index contributed by atoms with van der Waals surface area (Å²) in [5, 5.41) is 9.32. The average Bonchev–Trinajstić information content (AvgIpc) is 2.77. The van der Waals surface area contributed by atoms with E-state index in [9.17, 15) is 18.3 Å². The van der Waals surface area contributed by atoms with Gasteiger partial charge in [-0.2, -0.15) is 4.31 Å². The molecule has 1 atom stereocenters. The summed E-state index contributed by atoms with van der Waals surface area (Å²) in [5.74, 6) is -1.83. The van der Waals surface area contributed by atoms with Crippen molar-refractivity contribution in [2.45, 2.75) is 32.2 Å². The Kier molecular flexibility index (Phi) is 4.14. The third-order valence-corrected chi connectivity index (χ3v) is 5.42. The molecule has 0 amide bonds. The maximum Gasteiger partial charge on any atom is 0.313 e. The fourth-order valence-corrected chi connectivity index (χ4v) is 4.05. The normalized spacial score (nSPS) is 19.8. The number of unbranched alkanes of at least 4 members (excludes halogenated alkanes) is 1. The van der Waals surface area contributed by atoms with Crippen LogP contribution in [-0.2, 0) is 28.4 Å². The second-order valence-corrected chi connectivity index (χ2v) is 7.13. The van der Waals surface area contributed by atoms with Gasteiger partial charge in [-0.15, -0.1) is 0 Å². The van der Waals surface area contributed by atoms with Crippen molar-refractivity contribution in [2.75, 3.05) is 12.3 Å². The molecule has 8 heteroatoms. The molecule has 0 spiro atoms. The standard InChI is InChI=1S/C12H19N3O4S/c1-3-4-5-20(18,19)15-6-9(12(16)17)11-10(7-15)13-8-14(11)2/h8-9H,3-7H2,1-2H3,(H,16,17). The number of hydrogen-bond donors (Lipinski definition) is 1. The molecule has 1 aliphatic rings. The fraction of sp³-hybridized carbons (Fsp3) is 0.667. The first-order valence-electron chi connectivity index (χ1n) is 6.57. The predicted molar refractivity (Wildman–Crippen MR) is 72.7 cm³/mol. The van der Waals surface area contributed by atoms with E-state index in [1.54, 1.807) is 11.6 Å². The third-order valence-electron chi connectivity index (χ3n) is 3.55. The van der Waals surface area contributed by atoms with Gasteiger partial charge in [-0.1, -0.05) is 13.3 Å². The number of carboxylic acid groups (broad SMARTS) is 1. The largest absolute Gasteiger partial charge is 0.481 e. The molecule has 0 aliphatic carbocycles. The van der Waals surface area contributed by atoms with E-state index < -0.39 is 21.9 Å². The van der Waals surface area contributed by atoms with Gasteiger partial charge in [-0.3, -0.25) is 4.79 Å². The summed E-state index contributed by atoms with van der Waals surface area (Å²) in [5.41, 5.74) is 1.13. The van der Waals surface area contributed by atoms with Crippen LogP contribution in [0.5, 0.6) is 0 Å². The van der Waals surface area contributed by atoms with Crippen molar-refractivity contribution in [2.24, 2.45) is 7.05 Å². The third kappa shape index (κ3) is 2.71. The highest BCUT2D eigenvalue weighted by Gasteiger charge is 2.38. The Labute approximate surface area is 118 Å². The maximum absolute atomic E-state index is 12.2. The number of carboxylic acids is 1. The number of aromatic nitrogens is 2. The summed E-state index contributed by atoms with van der Waals surface area (Å²) in [7, 11) is -1.70. The lowest BCUT2D eigenvalue weighted by atomic mass is 10.0. The highest BCUT2D eigenvalue weighted by molar-refractivity contribution is 7.89. The van der Waals surface area contributed by atoms with Crippen LogP contribution in [-0.4, -0.2) is 45.6 Å². The van der Waals surface area contributed by atoms with Crippen LogP contribution in [0.15, 0.2) is 6.33 Å². The molecule has 0 aromatic carbocycles. The number of rotatable bonds is 5. The van der Waals surface area contributed by atoms with Crippen LogP contribution >= 0.6 is 0 Å². The summed E-state index contributed by atoms with van der Waals surface area (Å²) < 4.78 is 27.4. The first-order chi connectivity index (χ1) is 9.36. The van der Waals surface area contributed by atoms with E-state index in [0.29, 0.717) is 17.8 Å². The minimum atomic E-state index is -3.42. The van der Waals surface area contributed by atoms with E-state index in [1.807, 2.05) is 6.92 Å². The van der Waals surface area contributed by atoms with Crippen molar-refractivity contribution >= 4 is 16.0 Å². The topological polar surface area (TPSA) is 92.5 Å². The highest BCUT2D eigenvalue weighted by Crippen LogP contribution is 2.29. The Morgan fingerprint density at radius 2 is 2.25 bits per heavy atom. The predicted octanol–water partition coefficient (Wildman–Crippen LogP) is 0.534. The highest BCUT2D eigenvalue weighted by atomic mass is 32.2. The summed E-state index contributed by atoms with van der Waals surface area (Å²) in [6.45, 7) is 2.06. The van der Waals surface area contributed by atoms with Crippen LogP contribution in [0.3, 0.4) is 0 Å². The van der Waals surface area contributed by atoms with E-state index in [4.69, 9.17) is 0 Å². The van der Waals surface area contributed by atoms with Gasteiger partial charge < -0.3 is 9.67 Å². The molecule has 1 N–H and O–H groups in total. The zero-order valence-electron chi connectivity index (χ0n) is 11.6. The van der Waals surface area contributed by atoms with Crippen LogP contribution in [0, 0.1) is 0 Å². The minimum Gasteiger partial charge on any atom is -0.481 e. The van der Waals surface area contributed by atoms with Gasteiger partial charge in [-0.05, 0) is 6.42 Å². The van der Waals surface area contributed by atoms with Gasteiger partial charge in [0.15, 0.2) is 0 Å². The van der Waals surface area contributed by atoms with Gasteiger partial charge in [0.1, 0.15) is 5.92 Å². The number of hydrogen-bond acceptors (Lipinski definition) is 4. The Morgan fingerprint density at radius 1 is 1.55 bits per heavy atom. The molecule has 2 rings (SSSR count). The zero-order valence-corrected chi connectivity index (χ0v) is 12.4. The van der Waals surface area contributed by atoms with E-state index in [2.05, 4.69) is 4.98 Å². The molecule has 2 heterocycles. The van der Waals surface area contributed by atoms with Crippen molar-refractivity contribution < 1.29 is 18.3 Å². The number of imidazole rings is 1. The lowest BCUT2D eigenvalue weighted by Crippen LogP contribution is -2.42. The molecular weight excluding hydrogens is 282 g/mol. The molecule has 0 radical (unpaired) electrons. The van der Waals surface area contributed by atoms with Crippen LogP contribution in [0.2, 0.25) is 0 Å². The molecule has 0 saturated heterocycles. The van der Waals surface area contributed by atoms with Gasteiger partial charge in [0.2, 0.25) is 10.0 Å². The number of sulfonamides is 1. The molecule has 112 valence electrons. The van der Waals surface area contributed by atoms with Gasteiger partial charge in [0, 0.05) is 13.6 Å². The quantitative estimate of drug-likeness (QED) is 0.856. The molecule has 0 fully saturated rings. The number of nitrogens with zero attached hydrogens (tertiary/aromatic N) is 3. The summed E-state index contributed by atoms with van der Waals surface area (Å²) in [4.78, 5) is 15.5. The Morgan fingerprint density at radius 3 is 2.85 bits per heavy atom. The van der Waals surface area contributed by atoms with Gasteiger partial charge in [-0.25, -0.2) is 13.4 Å². The molecule has 1 aliphatic heterocycles. The second kappa shape index (κ2) is 5.53. The van der Waals surface area contributed by atoms with E-state index in [1.165, 1.54) is 10.6 Å². The molecule has 7 nitrogen and oxygen atoms in total. The average molecular weight is 301 g/mol. The maximum atomic E-state index is 12.2. The first-order valence-corrected chi connectivity index (χ1v) is 8.18. The van der Waals surface area contributed by atoms with Crippen molar-refractivity contribution in [3.63, 3.8) is 0 Å². The van der Waals surface area contributed by atoms with Gasteiger partial charge >= 0.3 is 5.97 Å². The summed E-state index contributed by atoms with van der Waals surface area (Å²) in [6.07, 6.45) is 2.89. The lowest BCUT2D eigenvalue weighted by molar-refractivity contribution is -0.139. The monoisotopic (exact) mass is 301 g/mol. The van der Waals surface area contributed by atoms with Crippen molar-refractivity contribution in [1.82, 2.24) is 13.9 Å². The first kappa shape index (κ1) is 15.0. The number of aryl methyl sites for hydroxylation is 1. The Bertz CT molecular complexity index is 608. The number of fused-ring (bicyclic) bond motifs is 1. The Balaban J connectivity index is 2.32. The summed E-state index contributed by atoms with van der Waals surface area (Å²) in [6, 6.07) is 0. The van der Waals surface area contributed by atoms with Crippen molar-refractivity contribution in [1.29, 1.82) is 0 Å². The fourth-order valence-electron chi connectivity index (χ4n) is 2.44. The number of carbonyl (C=O) groups is 1. The van der Waals surface area contributed by atoms with Gasteiger partial charge in [0.25, 0.3) is 0 Å². The van der Waals surface area contributed by atoms with E-state index >= 15 is 0 Å². The molecule has 1 unspecified atom stereocenters. The van der Waals surface area contributed by atoms with Crippen molar-refractivity contribution in [3.8, 4) is 0 Å². The van der Waals surface area contributed by atoms with Crippen LogP contribution in [0.1, 0.15) is 37.1 Å². The Hall–Kier alpha value is -1.41. The van der Waals surface area contributed by atoms with Crippen LogP contribution in [0.25, 0.3) is 0 Å². The summed E-state index contributed by atoms with van der Waals surface area (Å²) >= 11 is 0. The molecule has 1 aromatic rings. The zero-order chi connectivity index (χ0) is 14.9. The molecule has 0 bridgehead atoms. The molecule has 1 aromatic heterocycles. The van der Waals surface area contributed by atoms with Crippen LogP contribution < -0.4 is 0 Å². The second-order valence-electron chi connectivity index (χ2n) is 5.04.